The average Bonchev–Trinajstić information content (AvgIpc) is 2.62. The van der Waals surface area contributed by atoms with Crippen molar-refractivity contribution in [2.75, 3.05) is 0 Å². The molecule has 21 heavy (non-hydrogen) atoms. The molecule has 0 aromatic heterocycles. The predicted molar refractivity (Wildman–Crippen MR) is 79.1 cm³/mol. The summed E-state index contributed by atoms with van der Waals surface area (Å²) in [7, 11) is 0. The van der Waals surface area contributed by atoms with Crippen molar-refractivity contribution in [3.8, 4) is 0 Å². The monoisotopic (exact) mass is 290 g/mol. The van der Waals surface area contributed by atoms with E-state index in [0.29, 0.717) is 5.76 Å². The molecule has 1 aliphatic heterocycles. The molecule has 1 heterocycles. The van der Waals surface area contributed by atoms with Crippen molar-refractivity contribution in [2.45, 2.75) is 46.6 Å². The zero-order chi connectivity index (χ0) is 15.6. The van der Waals surface area contributed by atoms with Crippen LogP contribution in [0.2, 0.25) is 0 Å². The molecule has 0 unspecified atom stereocenters. The van der Waals surface area contributed by atoms with Crippen molar-refractivity contribution in [3.63, 3.8) is 0 Å². The van der Waals surface area contributed by atoms with Gasteiger partial charge in [0.2, 0.25) is 0 Å². The number of carbonyl (C=O) groups is 2. The van der Waals surface area contributed by atoms with E-state index >= 15 is 0 Å². The highest BCUT2D eigenvalue weighted by Crippen LogP contribution is 2.37. The van der Waals surface area contributed by atoms with Crippen LogP contribution in [0.1, 0.15) is 40.5 Å². The molecule has 114 valence electrons. The maximum atomic E-state index is 11.9. The van der Waals surface area contributed by atoms with Crippen LogP contribution in [0.25, 0.3) is 0 Å². The van der Waals surface area contributed by atoms with Gasteiger partial charge in [0.15, 0.2) is 0 Å². The Balaban J connectivity index is 2.47. The van der Waals surface area contributed by atoms with E-state index in [-0.39, 0.29) is 29.9 Å². The summed E-state index contributed by atoms with van der Waals surface area (Å²) < 4.78 is 10.8. The van der Waals surface area contributed by atoms with E-state index in [1.807, 2.05) is 32.9 Å². The fourth-order valence-corrected chi connectivity index (χ4v) is 2.83. The molecule has 3 atom stereocenters. The van der Waals surface area contributed by atoms with E-state index in [9.17, 15) is 9.59 Å². The first kappa shape index (κ1) is 15.5. The Labute approximate surface area is 125 Å². The lowest BCUT2D eigenvalue weighted by Crippen LogP contribution is -2.23. The summed E-state index contributed by atoms with van der Waals surface area (Å²) in [5, 5.41) is 0. The third kappa shape index (κ3) is 3.63. The van der Waals surface area contributed by atoms with Gasteiger partial charge in [-0.3, -0.25) is 9.59 Å². The fourth-order valence-electron chi connectivity index (χ4n) is 2.83. The second kappa shape index (κ2) is 6.29. The number of esters is 2. The van der Waals surface area contributed by atoms with Crippen LogP contribution in [0.3, 0.4) is 0 Å². The molecule has 4 nitrogen and oxygen atoms in total. The van der Waals surface area contributed by atoms with E-state index < -0.39 is 0 Å². The van der Waals surface area contributed by atoms with Crippen LogP contribution in [0.5, 0.6) is 0 Å². The highest BCUT2D eigenvalue weighted by molar-refractivity contribution is 5.76. The second-order valence-electron chi connectivity index (χ2n) is 5.86. The van der Waals surface area contributed by atoms with Crippen molar-refractivity contribution in [2.24, 2.45) is 11.8 Å². The lowest BCUT2D eigenvalue weighted by atomic mass is 9.87. The Kier molecular flexibility index (Phi) is 4.66. The predicted octanol–water partition coefficient (Wildman–Crippen LogP) is 3.30. The molecule has 1 saturated heterocycles. The molecule has 1 aliphatic carbocycles. The standard InChI is InChI=1S/C17H22O4/c1-10-6-5-7-11(2)9-15-16(12(3)17(19)21-15)14(8-10)20-13(4)18/h6,8-9,12,15-16H,5,7H2,1-4H3/b10-6+,11-9+,14-8+/t12-,15+,16+/m0/s1. The first-order valence-corrected chi connectivity index (χ1v) is 7.33. The van der Waals surface area contributed by atoms with Crippen molar-refractivity contribution in [3.05, 3.63) is 35.1 Å². The summed E-state index contributed by atoms with van der Waals surface area (Å²) in [6, 6.07) is 0. The molecule has 0 N–H and O–H groups in total. The number of allylic oxidation sites excluding steroid dienone is 4. The molecule has 2 aliphatic rings. The highest BCUT2D eigenvalue weighted by Gasteiger charge is 2.44. The van der Waals surface area contributed by atoms with Gasteiger partial charge in [0, 0.05) is 6.92 Å². The molecular formula is C17H22O4. The largest absolute Gasteiger partial charge is 0.457 e. The van der Waals surface area contributed by atoms with E-state index in [1.165, 1.54) is 12.5 Å². The summed E-state index contributed by atoms with van der Waals surface area (Å²) in [5.74, 6) is -0.676. The smallest absolute Gasteiger partial charge is 0.310 e. The Morgan fingerprint density at radius 3 is 2.76 bits per heavy atom. The summed E-state index contributed by atoms with van der Waals surface area (Å²) in [4.78, 5) is 23.3. The van der Waals surface area contributed by atoms with E-state index in [0.717, 1.165) is 18.4 Å². The highest BCUT2D eigenvalue weighted by atomic mass is 16.6. The number of hydrogen-bond acceptors (Lipinski definition) is 4. The van der Waals surface area contributed by atoms with E-state index in [4.69, 9.17) is 9.47 Å². The van der Waals surface area contributed by atoms with Gasteiger partial charge in [0.1, 0.15) is 11.9 Å². The lowest BCUT2D eigenvalue weighted by molar-refractivity contribution is -0.142. The van der Waals surface area contributed by atoms with Crippen LogP contribution in [-0.4, -0.2) is 18.0 Å². The maximum Gasteiger partial charge on any atom is 0.310 e. The van der Waals surface area contributed by atoms with Crippen LogP contribution in [-0.2, 0) is 19.1 Å². The van der Waals surface area contributed by atoms with Crippen LogP contribution >= 0.6 is 0 Å². The van der Waals surface area contributed by atoms with Gasteiger partial charge in [-0.15, -0.1) is 0 Å². The van der Waals surface area contributed by atoms with Crippen LogP contribution in [0.15, 0.2) is 35.1 Å². The Hall–Kier alpha value is -1.84. The van der Waals surface area contributed by atoms with Crippen LogP contribution in [0.4, 0.5) is 0 Å². The Morgan fingerprint density at radius 1 is 1.38 bits per heavy atom. The van der Waals surface area contributed by atoms with E-state index in [1.54, 1.807) is 0 Å². The summed E-state index contributed by atoms with van der Waals surface area (Å²) >= 11 is 0. The molecule has 4 heteroatoms. The van der Waals surface area contributed by atoms with Crippen molar-refractivity contribution < 1.29 is 19.1 Å². The Morgan fingerprint density at radius 2 is 2.10 bits per heavy atom. The first-order valence-electron chi connectivity index (χ1n) is 7.33. The van der Waals surface area contributed by atoms with E-state index in [2.05, 4.69) is 6.08 Å². The molecule has 2 rings (SSSR count). The van der Waals surface area contributed by atoms with Gasteiger partial charge >= 0.3 is 11.9 Å². The zero-order valence-corrected chi connectivity index (χ0v) is 13.0. The van der Waals surface area contributed by atoms with Gasteiger partial charge in [-0.1, -0.05) is 24.1 Å². The van der Waals surface area contributed by atoms with Gasteiger partial charge in [0.05, 0.1) is 11.8 Å². The number of ether oxygens (including phenoxy) is 2. The quantitative estimate of drug-likeness (QED) is 0.549. The topological polar surface area (TPSA) is 52.6 Å². The maximum absolute atomic E-state index is 11.9. The van der Waals surface area contributed by atoms with Crippen LogP contribution < -0.4 is 0 Å². The summed E-state index contributed by atoms with van der Waals surface area (Å²) in [6.07, 6.45) is 7.44. The van der Waals surface area contributed by atoms with Gasteiger partial charge in [0.25, 0.3) is 0 Å². The lowest BCUT2D eigenvalue weighted by Gasteiger charge is -2.21. The normalized spacial score (nSPS) is 37.0. The van der Waals surface area contributed by atoms with Gasteiger partial charge in [-0.2, -0.15) is 0 Å². The minimum atomic E-state index is -0.378. The third-order valence-corrected chi connectivity index (χ3v) is 3.93. The summed E-state index contributed by atoms with van der Waals surface area (Å²) in [6.45, 7) is 7.20. The average molecular weight is 290 g/mol. The Bertz CT molecular complexity index is 539. The van der Waals surface area contributed by atoms with Crippen LogP contribution in [0, 0.1) is 11.8 Å². The number of hydrogen-bond donors (Lipinski definition) is 0. The second-order valence-corrected chi connectivity index (χ2v) is 5.86. The number of fused-ring (bicyclic) bond motifs is 1. The summed E-state index contributed by atoms with van der Waals surface area (Å²) in [5.41, 5.74) is 2.21. The van der Waals surface area contributed by atoms with Gasteiger partial charge in [-0.25, -0.2) is 0 Å². The minimum absolute atomic E-state index is 0.243. The molecule has 0 aromatic rings. The van der Waals surface area contributed by atoms with Gasteiger partial charge in [-0.05, 0) is 38.8 Å². The van der Waals surface area contributed by atoms with Crippen molar-refractivity contribution >= 4 is 11.9 Å². The first-order chi connectivity index (χ1) is 9.88. The molecule has 1 fully saturated rings. The molecule has 0 bridgehead atoms. The molecule has 0 saturated carbocycles. The SMILES string of the molecule is CC(=O)O/C1=C/C(C)=C/CC/C(C)=C/[C@H]2OC(=O)[C@@H](C)[C@H]12. The molecule has 0 radical (unpaired) electrons. The number of carbonyl (C=O) groups excluding carboxylic acids is 2. The molecule has 0 aromatic carbocycles. The van der Waals surface area contributed by atoms with Crippen molar-refractivity contribution in [1.29, 1.82) is 0 Å². The number of rotatable bonds is 1. The van der Waals surface area contributed by atoms with Crippen molar-refractivity contribution in [1.82, 2.24) is 0 Å². The molecule has 0 spiro atoms. The zero-order valence-electron chi connectivity index (χ0n) is 13.0. The minimum Gasteiger partial charge on any atom is -0.457 e. The molecular weight excluding hydrogens is 268 g/mol. The van der Waals surface area contributed by atoms with Gasteiger partial charge < -0.3 is 9.47 Å². The third-order valence-electron chi connectivity index (χ3n) is 3.93. The molecule has 0 amide bonds. The fraction of sp³-hybridized carbons (Fsp3) is 0.529.